The molecule has 1 aliphatic rings. The smallest absolute Gasteiger partial charge is 0.351 e. The number of halogens is 4. The van der Waals surface area contributed by atoms with Crippen LogP contribution in [0.5, 0.6) is 0 Å². The van der Waals surface area contributed by atoms with Gasteiger partial charge in [0.05, 0.1) is 0 Å². The predicted molar refractivity (Wildman–Crippen MR) is 92.5 cm³/mol. The maximum Gasteiger partial charge on any atom is 0.471 e. The highest BCUT2D eigenvalue weighted by Crippen LogP contribution is 2.27. The Morgan fingerprint density at radius 3 is 2.56 bits per heavy atom. The average Bonchev–Trinajstić information content (AvgIpc) is 2.63. The van der Waals surface area contributed by atoms with Crippen molar-refractivity contribution in [3.63, 3.8) is 0 Å². The summed E-state index contributed by atoms with van der Waals surface area (Å²) in [5.41, 5.74) is 0.0499. The van der Waals surface area contributed by atoms with Gasteiger partial charge in [-0.15, -0.1) is 0 Å². The lowest BCUT2D eigenvalue weighted by molar-refractivity contribution is -0.187. The number of anilines is 1. The number of rotatable bonds is 2. The molecule has 2 aromatic rings. The molecule has 1 N–H and O–H groups in total. The van der Waals surface area contributed by atoms with Crippen molar-refractivity contribution >= 4 is 23.3 Å². The van der Waals surface area contributed by atoms with E-state index in [1.54, 1.807) is 17.0 Å². The number of hydrogen-bond acceptors (Lipinski definition) is 5. The quantitative estimate of drug-likeness (QED) is 0.833. The van der Waals surface area contributed by atoms with Crippen LogP contribution in [0.15, 0.2) is 29.3 Å². The van der Waals surface area contributed by atoms with E-state index < -0.39 is 23.7 Å². The van der Waals surface area contributed by atoms with E-state index in [4.69, 9.17) is 11.6 Å². The van der Waals surface area contributed by atoms with Crippen LogP contribution in [0.2, 0.25) is 5.02 Å². The van der Waals surface area contributed by atoms with E-state index in [0.717, 1.165) is 4.90 Å². The molecule has 1 aliphatic heterocycles. The number of H-pyrrole nitrogens is 1. The molecule has 27 heavy (non-hydrogen) atoms. The molecule has 1 saturated heterocycles. The van der Waals surface area contributed by atoms with E-state index in [1.165, 1.54) is 19.3 Å². The molecule has 0 aliphatic carbocycles. The van der Waals surface area contributed by atoms with Gasteiger partial charge in [0.2, 0.25) is 0 Å². The number of alkyl halides is 3. The van der Waals surface area contributed by atoms with Crippen molar-refractivity contribution in [2.24, 2.45) is 0 Å². The summed E-state index contributed by atoms with van der Waals surface area (Å²) in [4.78, 5) is 36.9. The fourth-order valence-electron chi connectivity index (χ4n) is 2.92. The van der Waals surface area contributed by atoms with Gasteiger partial charge in [0.1, 0.15) is 10.8 Å². The number of pyridine rings is 1. The Balaban J connectivity index is 1.89. The number of piperazine rings is 1. The first-order valence-corrected chi connectivity index (χ1v) is 8.39. The highest BCUT2D eigenvalue weighted by molar-refractivity contribution is 6.32. The maximum absolute atomic E-state index is 12.7. The second-order valence-electron chi connectivity index (χ2n) is 6.08. The molecule has 3 heterocycles. The topological polar surface area (TPSA) is 82.2 Å². The molecular weight excluding hydrogens is 387 g/mol. The molecule has 0 saturated carbocycles. The monoisotopic (exact) mass is 401 g/mol. The van der Waals surface area contributed by atoms with Crippen LogP contribution in [0.25, 0.3) is 11.4 Å². The molecule has 3 rings (SSSR count). The van der Waals surface area contributed by atoms with E-state index in [2.05, 4.69) is 15.0 Å². The molecule has 1 unspecified atom stereocenters. The SMILES string of the molecule is CC1CN(c2nc(-c3ccncc3)[nH]c(=O)c2Cl)CCN1C(=O)C(F)(F)F. The number of carbonyl (C=O) groups is 1. The highest BCUT2D eigenvalue weighted by Gasteiger charge is 2.45. The summed E-state index contributed by atoms with van der Waals surface area (Å²) < 4.78 is 38.1. The van der Waals surface area contributed by atoms with Crippen LogP contribution in [0.1, 0.15) is 6.92 Å². The molecular formula is C16H15ClF3N5O2. The zero-order valence-corrected chi connectivity index (χ0v) is 14.9. The van der Waals surface area contributed by atoms with Gasteiger partial charge in [-0.25, -0.2) is 4.98 Å². The summed E-state index contributed by atoms with van der Waals surface area (Å²) in [6, 6.07) is 2.58. The molecule has 1 amide bonds. The Bertz CT molecular complexity index is 903. The van der Waals surface area contributed by atoms with Gasteiger partial charge >= 0.3 is 12.1 Å². The van der Waals surface area contributed by atoms with Crippen molar-refractivity contribution in [1.29, 1.82) is 0 Å². The Morgan fingerprint density at radius 1 is 1.30 bits per heavy atom. The lowest BCUT2D eigenvalue weighted by atomic mass is 10.2. The molecule has 0 spiro atoms. The number of carbonyl (C=O) groups excluding carboxylic acids is 1. The molecule has 7 nitrogen and oxygen atoms in total. The third kappa shape index (κ3) is 3.90. The van der Waals surface area contributed by atoms with Gasteiger partial charge in [-0.05, 0) is 19.1 Å². The molecule has 1 fully saturated rings. The third-order valence-corrected chi connectivity index (χ3v) is 4.57. The second kappa shape index (κ2) is 7.18. The Kier molecular flexibility index (Phi) is 5.09. The van der Waals surface area contributed by atoms with Crippen LogP contribution in [0.3, 0.4) is 0 Å². The molecule has 1 atom stereocenters. The zero-order valence-electron chi connectivity index (χ0n) is 14.1. The van der Waals surface area contributed by atoms with Gasteiger partial charge in [0.15, 0.2) is 5.82 Å². The highest BCUT2D eigenvalue weighted by atomic mass is 35.5. The van der Waals surface area contributed by atoms with Gasteiger partial charge in [-0.3, -0.25) is 14.6 Å². The fourth-order valence-corrected chi connectivity index (χ4v) is 3.13. The third-order valence-electron chi connectivity index (χ3n) is 4.23. The number of hydrogen-bond donors (Lipinski definition) is 1. The minimum absolute atomic E-state index is 0.0633. The van der Waals surface area contributed by atoms with Crippen LogP contribution in [0, 0.1) is 0 Å². The normalized spacial score (nSPS) is 17.9. The van der Waals surface area contributed by atoms with Gasteiger partial charge in [0.25, 0.3) is 5.56 Å². The predicted octanol–water partition coefficient (Wildman–Crippen LogP) is 2.08. The Hall–Kier alpha value is -2.62. The largest absolute Gasteiger partial charge is 0.471 e. The summed E-state index contributed by atoms with van der Waals surface area (Å²) in [7, 11) is 0. The second-order valence-corrected chi connectivity index (χ2v) is 6.46. The number of nitrogens with zero attached hydrogens (tertiary/aromatic N) is 4. The first-order valence-electron chi connectivity index (χ1n) is 8.01. The molecule has 0 radical (unpaired) electrons. The summed E-state index contributed by atoms with van der Waals surface area (Å²) in [5.74, 6) is -1.45. The van der Waals surface area contributed by atoms with Gasteiger partial charge < -0.3 is 14.8 Å². The standard InChI is InChI=1S/C16H15ClF3N5O2/c1-9-8-24(6-7-25(9)15(27)16(18,19)20)13-11(17)14(26)23-12(22-13)10-2-4-21-5-3-10/h2-5,9H,6-8H2,1H3,(H,22,23,26). The number of nitrogens with one attached hydrogen (secondary N) is 1. The van der Waals surface area contributed by atoms with Crippen molar-refractivity contribution < 1.29 is 18.0 Å². The molecule has 0 aromatic carbocycles. The van der Waals surface area contributed by atoms with Crippen molar-refractivity contribution in [2.45, 2.75) is 19.1 Å². The van der Waals surface area contributed by atoms with Gasteiger partial charge in [0, 0.05) is 43.6 Å². The van der Waals surface area contributed by atoms with E-state index in [-0.39, 0.29) is 36.3 Å². The van der Waals surface area contributed by atoms with Crippen molar-refractivity contribution in [2.75, 3.05) is 24.5 Å². The fraction of sp³-hybridized carbons (Fsp3) is 0.375. The summed E-state index contributed by atoms with van der Waals surface area (Å²) in [6.07, 6.45) is -1.86. The maximum atomic E-state index is 12.7. The number of aromatic nitrogens is 3. The van der Waals surface area contributed by atoms with Crippen LogP contribution >= 0.6 is 11.6 Å². The lowest BCUT2D eigenvalue weighted by Gasteiger charge is -2.40. The number of amides is 1. The molecule has 11 heteroatoms. The van der Waals surface area contributed by atoms with Crippen molar-refractivity contribution in [3.05, 3.63) is 39.9 Å². The summed E-state index contributed by atoms with van der Waals surface area (Å²) in [6.45, 7) is 1.47. The van der Waals surface area contributed by atoms with Crippen molar-refractivity contribution in [1.82, 2.24) is 19.9 Å². The zero-order chi connectivity index (χ0) is 19.8. The minimum Gasteiger partial charge on any atom is -0.351 e. The number of aromatic amines is 1. The first-order chi connectivity index (χ1) is 12.7. The minimum atomic E-state index is -4.93. The Morgan fingerprint density at radius 2 is 1.96 bits per heavy atom. The average molecular weight is 402 g/mol. The van der Waals surface area contributed by atoms with E-state index >= 15 is 0 Å². The first kappa shape index (κ1) is 19.2. The van der Waals surface area contributed by atoms with E-state index in [0.29, 0.717) is 5.56 Å². The molecule has 2 aromatic heterocycles. The summed E-state index contributed by atoms with van der Waals surface area (Å²) in [5, 5.41) is -0.157. The van der Waals surface area contributed by atoms with Crippen LogP contribution in [-0.4, -0.2) is 57.6 Å². The van der Waals surface area contributed by atoms with Crippen molar-refractivity contribution in [3.8, 4) is 11.4 Å². The van der Waals surface area contributed by atoms with Crippen LogP contribution in [-0.2, 0) is 4.79 Å². The molecule has 0 bridgehead atoms. The van der Waals surface area contributed by atoms with Gasteiger partial charge in [-0.1, -0.05) is 11.6 Å². The Labute approximate surface area is 156 Å². The summed E-state index contributed by atoms with van der Waals surface area (Å²) >= 11 is 6.08. The lowest BCUT2D eigenvalue weighted by Crippen LogP contribution is -2.57. The van der Waals surface area contributed by atoms with Crippen LogP contribution in [0.4, 0.5) is 19.0 Å². The van der Waals surface area contributed by atoms with Crippen LogP contribution < -0.4 is 10.5 Å². The van der Waals surface area contributed by atoms with E-state index in [9.17, 15) is 22.8 Å². The van der Waals surface area contributed by atoms with Gasteiger partial charge in [-0.2, -0.15) is 13.2 Å². The van der Waals surface area contributed by atoms with E-state index in [1.807, 2.05) is 0 Å². The molecule has 144 valence electrons.